The molecule has 0 saturated carbocycles. The molecule has 17 heavy (non-hydrogen) atoms. The predicted molar refractivity (Wildman–Crippen MR) is 71.3 cm³/mol. The Balaban J connectivity index is 2.68. The molecular formula is C14H24N2O. The number of nitrogens with two attached hydrogens (primary N) is 1. The lowest BCUT2D eigenvalue weighted by molar-refractivity contribution is 0.237. The molecule has 0 bridgehead atoms. The van der Waals surface area contributed by atoms with Crippen molar-refractivity contribution in [3.8, 4) is 5.75 Å². The van der Waals surface area contributed by atoms with Crippen LogP contribution in [0.5, 0.6) is 5.75 Å². The Labute approximate surface area is 104 Å². The molecule has 0 aliphatic rings. The highest BCUT2D eigenvalue weighted by Crippen LogP contribution is 2.19. The molecule has 0 amide bonds. The summed E-state index contributed by atoms with van der Waals surface area (Å²) >= 11 is 0. The van der Waals surface area contributed by atoms with Gasteiger partial charge in [-0.25, -0.2) is 0 Å². The highest BCUT2D eigenvalue weighted by atomic mass is 16.5. The molecule has 3 heteroatoms. The highest BCUT2D eigenvalue weighted by molar-refractivity contribution is 5.29. The van der Waals surface area contributed by atoms with E-state index in [2.05, 4.69) is 18.8 Å². The van der Waals surface area contributed by atoms with E-state index in [0.29, 0.717) is 12.5 Å². The molecule has 0 aliphatic heterocycles. The van der Waals surface area contributed by atoms with E-state index in [1.807, 2.05) is 19.1 Å². The lowest BCUT2D eigenvalue weighted by Gasteiger charge is -2.16. The molecule has 1 aromatic rings. The summed E-state index contributed by atoms with van der Waals surface area (Å²) in [6.45, 7) is 7.77. The SMILES string of the molecule is CCC(CC)COc1ccc(C)nc1CCN. The van der Waals surface area contributed by atoms with Gasteiger partial charge in [0.15, 0.2) is 0 Å². The summed E-state index contributed by atoms with van der Waals surface area (Å²) in [6, 6.07) is 4.00. The zero-order valence-electron chi connectivity index (χ0n) is 11.2. The Morgan fingerprint density at radius 1 is 1.29 bits per heavy atom. The van der Waals surface area contributed by atoms with Gasteiger partial charge in [0.2, 0.25) is 0 Å². The quantitative estimate of drug-likeness (QED) is 0.792. The number of nitrogens with zero attached hydrogens (tertiary/aromatic N) is 1. The van der Waals surface area contributed by atoms with Crippen LogP contribution in [-0.2, 0) is 6.42 Å². The third kappa shape index (κ3) is 4.35. The summed E-state index contributed by atoms with van der Waals surface area (Å²) < 4.78 is 5.87. The van der Waals surface area contributed by atoms with Crippen molar-refractivity contribution in [2.24, 2.45) is 11.7 Å². The standard InChI is InChI=1S/C14H24N2O/c1-4-12(5-2)10-17-14-7-6-11(3)16-13(14)8-9-15/h6-7,12H,4-5,8-10,15H2,1-3H3. The van der Waals surface area contributed by atoms with Gasteiger partial charge in [0, 0.05) is 12.1 Å². The van der Waals surface area contributed by atoms with Crippen molar-refractivity contribution >= 4 is 0 Å². The maximum atomic E-state index is 5.87. The molecule has 2 N–H and O–H groups in total. The minimum absolute atomic E-state index is 0.609. The Bertz CT molecular complexity index is 335. The van der Waals surface area contributed by atoms with Gasteiger partial charge >= 0.3 is 0 Å². The summed E-state index contributed by atoms with van der Waals surface area (Å²) in [5.74, 6) is 1.52. The molecule has 0 fully saturated rings. The summed E-state index contributed by atoms with van der Waals surface area (Å²) in [5, 5.41) is 0. The van der Waals surface area contributed by atoms with Crippen LogP contribution in [0, 0.1) is 12.8 Å². The van der Waals surface area contributed by atoms with Gasteiger partial charge in [-0.3, -0.25) is 4.98 Å². The maximum Gasteiger partial charge on any atom is 0.140 e. The molecule has 0 radical (unpaired) electrons. The normalized spacial score (nSPS) is 10.9. The first-order chi connectivity index (χ1) is 8.21. The molecule has 96 valence electrons. The van der Waals surface area contributed by atoms with Gasteiger partial charge in [-0.1, -0.05) is 26.7 Å². The first kappa shape index (κ1) is 14.0. The van der Waals surface area contributed by atoms with Crippen LogP contribution < -0.4 is 10.5 Å². The Hall–Kier alpha value is -1.09. The molecule has 1 heterocycles. The molecule has 0 spiro atoms. The number of hydrogen-bond acceptors (Lipinski definition) is 3. The van der Waals surface area contributed by atoms with Crippen molar-refractivity contribution in [2.75, 3.05) is 13.2 Å². The first-order valence-corrected chi connectivity index (χ1v) is 6.50. The van der Waals surface area contributed by atoms with Gasteiger partial charge in [0.1, 0.15) is 5.75 Å². The van der Waals surface area contributed by atoms with E-state index < -0.39 is 0 Å². The molecule has 3 nitrogen and oxygen atoms in total. The molecule has 0 atom stereocenters. The van der Waals surface area contributed by atoms with Crippen molar-refractivity contribution in [2.45, 2.75) is 40.0 Å². The molecule has 0 aromatic carbocycles. The lowest BCUT2D eigenvalue weighted by Crippen LogP contribution is -2.13. The fourth-order valence-corrected chi connectivity index (χ4v) is 1.78. The van der Waals surface area contributed by atoms with E-state index >= 15 is 0 Å². The van der Waals surface area contributed by atoms with E-state index in [1.54, 1.807) is 0 Å². The average molecular weight is 236 g/mol. The zero-order chi connectivity index (χ0) is 12.7. The van der Waals surface area contributed by atoms with Crippen LogP contribution in [0.15, 0.2) is 12.1 Å². The minimum atomic E-state index is 0.609. The third-order valence-corrected chi connectivity index (χ3v) is 3.08. The van der Waals surface area contributed by atoms with Crippen molar-refractivity contribution in [3.05, 3.63) is 23.5 Å². The monoisotopic (exact) mass is 236 g/mol. The van der Waals surface area contributed by atoms with Crippen LogP contribution in [0.2, 0.25) is 0 Å². The number of hydrogen-bond donors (Lipinski definition) is 1. The van der Waals surface area contributed by atoms with Crippen LogP contribution in [0.3, 0.4) is 0 Å². The smallest absolute Gasteiger partial charge is 0.140 e. The number of ether oxygens (including phenoxy) is 1. The zero-order valence-corrected chi connectivity index (χ0v) is 11.2. The number of aryl methyl sites for hydroxylation is 1. The van der Waals surface area contributed by atoms with Gasteiger partial charge in [0.25, 0.3) is 0 Å². The van der Waals surface area contributed by atoms with Crippen LogP contribution in [-0.4, -0.2) is 18.1 Å². The van der Waals surface area contributed by atoms with E-state index in [0.717, 1.165) is 43.0 Å². The number of pyridine rings is 1. The van der Waals surface area contributed by atoms with E-state index in [1.165, 1.54) is 0 Å². The van der Waals surface area contributed by atoms with Crippen molar-refractivity contribution in [1.29, 1.82) is 0 Å². The van der Waals surface area contributed by atoms with Gasteiger partial charge in [-0.05, 0) is 31.5 Å². The molecule has 1 aromatic heterocycles. The van der Waals surface area contributed by atoms with E-state index in [9.17, 15) is 0 Å². The minimum Gasteiger partial charge on any atom is -0.491 e. The second-order valence-electron chi connectivity index (χ2n) is 4.43. The van der Waals surface area contributed by atoms with Crippen LogP contribution in [0.1, 0.15) is 38.1 Å². The largest absolute Gasteiger partial charge is 0.491 e. The lowest BCUT2D eigenvalue weighted by atomic mass is 10.1. The molecular weight excluding hydrogens is 212 g/mol. The maximum absolute atomic E-state index is 5.87. The van der Waals surface area contributed by atoms with Crippen LogP contribution in [0.4, 0.5) is 0 Å². The van der Waals surface area contributed by atoms with E-state index in [4.69, 9.17) is 10.5 Å². The van der Waals surface area contributed by atoms with Crippen LogP contribution in [0.25, 0.3) is 0 Å². The van der Waals surface area contributed by atoms with Crippen LogP contribution >= 0.6 is 0 Å². The van der Waals surface area contributed by atoms with Gasteiger partial charge in [0.05, 0.1) is 12.3 Å². The fourth-order valence-electron chi connectivity index (χ4n) is 1.78. The van der Waals surface area contributed by atoms with Gasteiger partial charge in [-0.15, -0.1) is 0 Å². The Morgan fingerprint density at radius 2 is 2.00 bits per heavy atom. The summed E-state index contributed by atoms with van der Waals surface area (Å²) in [5.41, 5.74) is 7.59. The Kier molecular flexibility index (Phi) is 5.98. The van der Waals surface area contributed by atoms with Gasteiger partial charge < -0.3 is 10.5 Å². The summed E-state index contributed by atoms with van der Waals surface area (Å²) in [4.78, 5) is 4.49. The fraction of sp³-hybridized carbons (Fsp3) is 0.643. The van der Waals surface area contributed by atoms with Crippen molar-refractivity contribution in [1.82, 2.24) is 4.98 Å². The van der Waals surface area contributed by atoms with Crippen molar-refractivity contribution in [3.63, 3.8) is 0 Å². The molecule has 1 rings (SSSR count). The topological polar surface area (TPSA) is 48.1 Å². The molecule has 0 saturated heterocycles. The average Bonchev–Trinajstić information content (AvgIpc) is 2.33. The molecule has 0 unspecified atom stereocenters. The predicted octanol–water partition coefficient (Wildman–Crippen LogP) is 2.71. The number of rotatable bonds is 7. The number of aromatic nitrogens is 1. The second kappa shape index (κ2) is 7.28. The second-order valence-corrected chi connectivity index (χ2v) is 4.43. The Morgan fingerprint density at radius 3 is 2.59 bits per heavy atom. The highest BCUT2D eigenvalue weighted by Gasteiger charge is 2.08. The van der Waals surface area contributed by atoms with Gasteiger partial charge in [-0.2, -0.15) is 0 Å². The molecule has 0 aliphatic carbocycles. The summed E-state index contributed by atoms with van der Waals surface area (Å²) in [6.07, 6.45) is 3.09. The van der Waals surface area contributed by atoms with E-state index in [-0.39, 0.29) is 0 Å². The van der Waals surface area contributed by atoms with Crippen molar-refractivity contribution < 1.29 is 4.74 Å². The first-order valence-electron chi connectivity index (χ1n) is 6.50. The third-order valence-electron chi connectivity index (χ3n) is 3.08. The summed E-state index contributed by atoms with van der Waals surface area (Å²) in [7, 11) is 0.